The highest BCUT2D eigenvalue weighted by Gasteiger charge is 1.97. The SMILES string of the molecule is CCOC(=O)C=Cc1ccccc1C=NO. The number of rotatable bonds is 4. The summed E-state index contributed by atoms with van der Waals surface area (Å²) in [7, 11) is 0. The Hall–Kier alpha value is -2.10. The third-order valence-electron chi connectivity index (χ3n) is 1.88. The van der Waals surface area contributed by atoms with E-state index in [2.05, 4.69) is 5.16 Å². The van der Waals surface area contributed by atoms with E-state index in [1.807, 2.05) is 18.2 Å². The van der Waals surface area contributed by atoms with Gasteiger partial charge >= 0.3 is 5.97 Å². The van der Waals surface area contributed by atoms with Crippen LogP contribution >= 0.6 is 0 Å². The van der Waals surface area contributed by atoms with E-state index in [-0.39, 0.29) is 0 Å². The normalized spacial score (nSPS) is 11.1. The van der Waals surface area contributed by atoms with E-state index < -0.39 is 5.97 Å². The van der Waals surface area contributed by atoms with Gasteiger partial charge in [-0.15, -0.1) is 0 Å². The van der Waals surface area contributed by atoms with Gasteiger partial charge in [0.1, 0.15) is 0 Å². The fourth-order valence-electron chi connectivity index (χ4n) is 1.19. The van der Waals surface area contributed by atoms with Crippen LogP contribution in [0.1, 0.15) is 18.1 Å². The molecule has 84 valence electrons. The maximum absolute atomic E-state index is 11.1. The van der Waals surface area contributed by atoms with Gasteiger partial charge in [-0.25, -0.2) is 4.79 Å². The van der Waals surface area contributed by atoms with Crippen LogP contribution < -0.4 is 0 Å². The van der Waals surface area contributed by atoms with Gasteiger partial charge in [0.25, 0.3) is 0 Å². The Labute approximate surface area is 93.9 Å². The molecule has 0 atom stereocenters. The molecule has 1 aromatic rings. The number of esters is 1. The van der Waals surface area contributed by atoms with Crippen molar-refractivity contribution in [1.29, 1.82) is 0 Å². The van der Waals surface area contributed by atoms with Crippen LogP contribution in [0.5, 0.6) is 0 Å². The van der Waals surface area contributed by atoms with Crippen molar-refractivity contribution in [2.45, 2.75) is 6.92 Å². The van der Waals surface area contributed by atoms with Gasteiger partial charge < -0.3 is 9.94 Å². The molecule has 0 aliphatic carbocycles. The monoisotopic (exact) mass is 219 g/mol. The van der Waals surface area contributed by atoms with Crippen molar-refractivity contribution in [3.8, 4) is 0 Å². The quantitative estimate of drug-likeness (QED) is 0.277. The second kappa shape index (κ2) is 6.40. The van der Waals surface area contributed by atoms with E-state index in [0.29, 0.717) is 6.61 Å². The van der Waals surface area contributed by atoms with Crippen LogP contribution in [0.4, 0.5) is 0 Å². The van der Waals surface area contributed by atoms with E-state index in [9.17, 15) is 4.79 Å². The molecule has 4 nitrogen and oxygen atoms in total. The Kier molecular flexibility index (Phi) is 4.79. The fraction of sp³-hybridized carbons (Fsp3) is 0.167. The summed E-state index contributed by atoms with van der Waals surface area (Å²) in [4.78, 5) is 11.1. The van der Waals surface area contributed by atoms with Gasteiger partial charge in [-0.05, 0) is 18.6 Å². The molecular formula is C12H13NO3. The Morgan fingerprint density at radius 3 is 2.75 bits per heavy atom. The first-order valence-electron chi connectivity index (χ1n) is 4.89. The molecule has 1 aromatic carbocycles. The number of hydrogen-bond acceptors (Lipinski definition) is 4. The largest absolute Gasteiger partial charge is 0.463 e. The predicted octanol–water partition coefficient (Wildman–Crippen LogP) is 2.07. The molecule has 0 saturated heterocycles. The maximum Gasteiger partial charge on any atom is 0.330 e. The van der Waals surface area contributed by atoms with E-state index in [1.54, 1.807) is 19.1 Å². The average Bonchev–Trinajstić information content (AvgIpc) is 2.29. The molecular weight excluding hydrogens is 206 g/mol. The standard InChI is InChI=1S/C12H13NO3/c1-2-16-12(14)8-7-10-5-3-4-6-11(10)9-13-15/h3-9,15H,2H2,1H3. The number of benzene rings is 1. The Morgan fingerprint density at radius 1 is 1.44 bits per heavy atom. The van der Waals surface area contributed by atoms with Crippen LogP contribution in [0.2, 0.25) is 0 Å². The molecule has 0 heterocycles. The van der Waals surface area contributed by atoms with Gasteiger partial charge in [0, 0.05) is 11.6 Å². The molecule has 0 aliphatic heterocycles. The van der Waals surface area contributed by atoms with Crippen molar-refractivity contribution in [2.24, 2.45) is 5.16 Å². The van der Waals surface area contributed by atoms with Crippen LogP contribution in [0, 0.1) is 0 Å². The molecule has 0 amide bonds. The minimum absolute atomic E-state index is 0.350. The first kappa shape index (κ1) is 12.0. The lowest BCUT2D eigenvalue weighted by molar-refractivity contribution is -0.137. The third kappa shape index (κ3) is 3.57. The zero-order valence-corrected chi connectivity index (χ0v) is 8.96. The molecule has 1 N–H and O–H groups in total. The topological polar surface area (TPSA) is 58.9 Å². The number of hydrogen-bond donors (Lipinski definition) is 1. The molecule has 0 aliphatic rings. The van der Waals surface area contributed by atoms with Crippen molar-refractivity contribution in [3.63, 3.8) is 0 Å². The molecule has 0 aromatic heterocycles. The predicted molar refractivity (Wildman–Crippen MR) is 61.5 cm³/mol. The zero-order chi connectivity index (χ0) is 11.8. The summed E-state index contributed by atoms with van der Waals surface area (Å²) in [5.41, 5.74) is 1.51. The van der Waals surface area contributed by atoms with Crippen LogP contribution in [-0.4, -0.2) is 24.0 Å². The Bertz CT molecular complexity index is 410. The van der Waals surface area contributed by atoms with Crippen molar-refractivity contribution >= 4 is 18.3 Å². The van der Waals surface area contributed by atoms with Crippen molar-refractivity contribution in [2.75, 3.05) is 6.61 Å². The van der Waals surface area contributed by atoms with E-state index >= 15 is 0 Å². The summed E-state index contributed by atoms with van der Waals surface area (Å²) < 4.78 is 4.75. The summed E-state index contributed by atoms with van der Waals surface area (Å²) >= 11 is 0. The van der Waals surface area contributed by atoms with Gasteiger partial charge in [-0.3, -0.25) is 0 Å². The summed E-state index contributed by atoms with van der Waals surface area (Å²) in [6, 6.07) is 7.25. The van der Waals surface area contributed by atoms with Crippen molar-refractivity contribution < 1.29 is 14.7 Å². The van der Waals surface area contributed by atoms with Crippen LogP contribution in [0.3, 0.4) is 0 Å². The lowest BCUT2D eigenvalue weighted by Crippen LogP contribution is -1.98. The summed E-state index contributed by atoms with van der Waals surface area (Å²) in [6.07, 6.45) is 4.27. The van der Waals surface area contributed by atoms with Gasteiger partial charge in [0.2, 0.25) is 0 Å². The lowest BCUT2D eigenvalue weighted by Gasteiger charge is -1.99. The van der Waals surface area contributed by atoms with Crippen molar-refractivity contribution in [1.82, 2.24) is 0 Å². The number of carbonyl (C=O) groups is 1. The molecule has 0 bridgehead atoms. The number of ether oxygens (including phenoxy) is 1. The molecule has 1 rings (SSSR count). The molecule has 0 radical (unpaired) electrons. The second-order valence-electron chi connectivity index (χ2n) is 2.96. The summed E-state index contributed by atoms with van der Waals surface area (Å²) in [5.74, 6) is -0.391. The van der Waals surface area contributed by atoms with Gasteiger partial charge in [0.15, 0.2) is 0 Å². The first-order chi connectivity index (χ1) is 7.77. The Balaban J connectivity index is 2.84. The van der Waals surface area contributed by atoms with Gasteiger partial charge in [-0.1, -0.05) is 29.4 Å². The van der Waals surface area contributed by atoms with E-state index in [0.717, 1.165) is 11.1 Å². The average molecular weight is 219 g/mol. The summed E-state index contributed by atoms with van der Waals surface area (Å²) in [5, 5.41) is 11.4. The Morgan fingerprint density at radius 2 is 2.12 bits per heavy atom. The minimum atomic E-state index is -0.391. The van der Waals surface area contributed by atoms with Crippen molar-refractivity contribution in [3.05, 3.63) is 41.5 Å². The number of nitrogens with zero attached hydrogens (tertiary/aromatic N) is 1. The van der Waals surface area contributed by atoms with Gasteiger partial charge in [0.05, 0.1) is 12.8 Å². The molecule has 0 unspecified atom stereocenters. The molecule has 0 fully saturated rings. The lowest BCUT2D eigenvalue weighted by atomic mass is 10.1. The van der Waals surface area contributed by atoms with E-state index in [1.165, 1.54) is 12.3 Å². The van der Waals surface area contributed by atoms with Gasteiger partial charge in [-0.2, -0.15) is 0 Å². The first-order valence-corrected chi connectivity index (χ1v) is 4.89. The molecule has 0 spiro atoms. The molecule has 4 heteroatoms. The number of carbonyl (C=O) groups excluding carboxylic acids is 1. The highest BCUT2D eigenvalue weighted by molar-refractivity contribution is 5.91. The van der Waals surface area contributed by atoms with Crippen LogP contribution in [-0.2, 0) is 9.53 Å². The molecule has 16 heavy (non-hydrogen) atoms. The zero-order valence-electron chi connectivity index (χ0n) is 8.96. The highest BCUT2D eigenvalue weighted by atomic mass is 16.5. The van der Waals surface area contributed by atoms with Crippen LogP contribution in [0.25, 0.3) is 6.08 Å². The van der Waals surface area contributed by atoms with E-state index in [4.69, 9.17) is 9.94 Å². The summed E-state index contributed by atoms with van der Waals surface area (Å²) in [6.45, 7) is 2.10. The highest BCUT2D eigenvalue weighted by Crippen LogP contribution is 2.08. The fourth-order valence-corrected chi connectivity index (χ4v) is 1.19. The third-order valence-corrected chi connectivity index (χ3v) is 1.88. The second-order valence-corrected chi connectivity index (χ2v) is 2.96. The maximum atomic E-state index is 11.1. The number of oxime groups is 1. The molecule has 0 saturated carbocycles. The minimum Gasteiger partial charge on any atom is -0.463 e. The van der Waals surface area contributed by atoms with Crippen LogP contribution in [0.15, 0.2) is 35.5 Å². The smallest absolute Gasteiger partial charge is 0.330 e.